The van der Waals surface area contributed by atoms with E-state index in [1.165, 1.54) is 5.56 Å². The zero-order valence-electron chi connectivity index (χ0n) is 11.8. The highest BCUT2D eigenvalue weighted by molar-refractivity contribution is 9.10. The third kappa shape index (κ3) is 2.95. The Hall–Kier alpha value is -1.81. The smallest absolute Gasteiger partial charge is 0.251 e. The molecule has 0 saturated carbocycles. The van der Waals surface area contributed by atoms with Crippen LogP contribution in [0, 0.1) is 6.92 Å². The van der Waals surface area contributed by atoms with Crippen LogP contribution in [0.4, 0.5) is 0 Å². The van der Waals surface area contributed by atoms with Crippen molar-refractivity contribution < 1.29 is 9.53 Å². The lowest BCUT2D eigenvalue weighted by atomic mass is 10.1. The molecule has 0 saturated heterocycles. The van der Waals surface area contributed by atoms with Crippen molar-refractivity contribution in [1.82, 2.24) is 5.32 Å². The molecule has 0 unspecified atom stereocenters. The van der Waals surface area contributed by atoms with E-state index >= 15 is 0 Å². The Kier molecular flexibility index (Phi) is 3.97. The zero-order chi connectivity index (χ0) is 14.8. The highest BCUT2D eigenvalue weighted by Gasteiger charge is 2.18. The quantitative estimate of drug-likeness (QED) is 0.922. The molecule has 1 amide bonds. The van der Waals surface area contributed by atoms with Gasteiger partial charge in [0.05, 0.1) is 6.61 Å². The zero-order valence-corrected chi connectivity index (χ0v) is 13.4. The molecule has 108 valence electrons. The lowest BCUT2D eigenvalue weighted by Crippen LogP contribution is -2.23. The number of amides is 1. The number of fused-ring (bicyclic) bond motifs is 1. The summed E-state index contributed by atoms with van der Waals surface area (Å²) in [5.74, 6) is 0.864. The van der Waals surface area contributed by atoms with Gasteiger partial charge in [0, 0.05) is 28.6 Å². The summed E-state index contributed by atoms with van der Waals surface area (Å²) < 4.78 is 6.69. The van der Waals surface area contributed by atoms with Crippen LogP contribution in [0.3, 0.4) is 0 Å². The normalized spacial score (nSPS) is 12.7. The molecule has 0 aromatic heterocycles. The second-order valence-corrected chi connectivity index (χ2v) is 6.06. The Morgan fingerprint density at radius 3 is 2.95 bits per heavy atom. The van der Waals surface area contributed by atoms with Crippen LogP contribution in [0.5, 0.6) is 5.75 Å². The molecular formula is C17H16BrNO2. The molecule has 1 aliphatic heterocycles. The molecule has 0 aliphatic carbocycles. The van der Waals surface area contributed by atoms with Gasteiger partial charge in [-0.2, -0.15) is 0 Å². The topological polar surface area (TPSA) is 38.3 Å². The van der Waals surface area contributed by atoms with Gasteiger partial charge in [0.25, 0.3) is 5.91 Å². The number of aryl methyl sites for hydroxylation is 1. The van der Waals surface area contributed by atoms with Crippen molar-refractivity contribution >= 4 is 21.8 Å². The van der Waals surface area contributed by atoms with Crippen LogP contribution in [0.2, 0.25) is 0 Å². The molecule has 1 aliphatic rings. The lowest BCUT2D eigenvalue weighted by molar-refractivity contribution is 0.0950. The molecule has 1 heterocycles. The van der Waals surface area contributed by atoms with Crippen molar-refractivity contribution in [2.75, 3.05) is 6.61 Å². The van der Waals surface area contributed by atoms with Gasteiger partial charge in [0.2, 0.25) is 0 Å². The van der Waals surface area contributed by atoms with Gasteiger partial charge in [0.15, 0.2) is 0 Å². The van der Waals surface area contributed by atoms with E-state index in [0.29, 0.717) is 18.7 Å². The molecule has 0 radical (unpaired) electrons. The van der Waals surface area contributed by atoms with Crippen LogP contribution in [0.15, 0.2) is 40.9 Å². The summed E-state index contributed by atoms with van der Waals surface area (Å²) in [6.45, 7) is 3.12. The van der Waals surface area contributed by atoms with Crippen molar-refractivity contribution in [1.29, 1.82) is 0 Å². The third-order valence-electron chi connectivity index (χ3n) is 3.65. The van der Waals surface area contributed by atoms with Crippen LogP contribution >= 0.6 is 15.9 Å². The number of hydrogen-bond donors (Lipinski definition) is 1. The van der Waals surface area contributed by atoms with Crippen LogP contribution in [-0.4, -0.2) is 12.5 Å². The van der Waals surface area contributed by atoms with Crippen molar-refractivity contribution in [3.8, 4) is 5.75 Å². The maximum absolute atomic E-state index is 12.3. The van der Waals surface area contributed by atoms with Gasteiger partial charge in [-0.15, -0.1) is 0 Å². The highest BCUT2D eigenvalue weighted by atomic mass is 79.9. The van der Waals surface area contributed by atoms with Crippen molar-refractivity contribution in [3.05, 3.63) is 63.1 Å². The number of benzene rings is 2. The monoisotopic (exact) mass is 345 g/mol. The lowest BCUT2D eigenvalue weighted by Gasteiger charge is -2.11. The number of rotatable bonds is 3. The Morgan fingerprint density at radius 2 is 2.14 bits per heavy atom. The van der Waals surface area contributed by atoms with Gasteiger partial charge in [-0.3, -0.25) is 4.79 Å². The van der Waals surface area contributed by atoms with E-state index in [1.807, 2.05) is 37.3 Å². The second-order valence-electron chi connectivity index (χ2n) is 5.15. The number of ether oxygens (including phenoxy) is 1. The van der Waals surface area contributed by atoms with Gasteiger partial charge in [-0.25, -0.2) is 0 Å². The number of carbonyl (C=O) groups excluding carboxylic acids is 1. The van der Waals surface area contributed by atoms with E-state index in [9.17, 15) is 4.79 Å². The van der Waals surface area contributed by atoms with Crippen LogP contribution in [0.1, 0.15) is 27.0 Å². The third-order valence-corrected chi connectivity index (χ3v) is 4.11. The van der Waals surface area contributed by atoms with Crippen molar-refractivity contribution in [2.45, 2.75) is 19.9 Å². The summed E-state index contributed by atoms with van der Waals surface area (Å²) in [4.78, 5) is 12.3. The maximum Gasteiger partial charge on any atom is 0.251 e. The first-order valence-electron chi connectivity index (χ1n) is 6.93. The molecule has 0 atom stereocenters. The van der Waals surface area contributed by atoms with Crippen molar-refractivity contribution in [3.63, 3.8) is 0 Å². The average Bonchev–Trinajstić information content (AvgIpc) is 2.93. The van der Waals surface area contributed by atoms with Gasteiger partial charge in [-0.1, -0.05) is 34.1 Å². The molecule has 3 rings (SSSR count). The molecule has 2 aromatic rings. The Labute approximate surface area is 132 Å². The predicted octanol–water partition coefficient (Wildman–Crippen LogP) is 3.62. The van der Waals surface area contributed by atoms with Crippen molar-refractivity contribution in [2.24, 2.45) is 0 Å². The van der Waals surface area contributed by atoms with E-state index in [4.69, 9.17) is 4.74 Å². The van der Waals surface area contributed by atoms with Gasteiger partial charge in [0.1, 0.15) is 5.75 Å². The number of nitrogens with one attached hydrogen (secondary N) is 1. The van der Waals surface area contributed by atoms with E-state index in [0.717, 1.165) is 27.8 Å². The highest BCUT2D eigenvalue weighted by Crippen LogP contribution is 2.32. The first-order chi connectivity index (χ1) is 10.1. The largest absolute Gasteiger partial charge is 0.493 e. The fourth-order valence-corrected chi connectivity index (χ4v) is 3.13. The summed E-state index contributed by atoms with van der Waals surface area (Å²) in [5, 5.41) is 2.97. The molecule has 3 nitrogen and oxygen atoms in total. The summed E-state index contributed by atoms with van der Waals surface area (Å²) in [6, 6.07) is 11.7. The fraction of sp³-hybridized carbons (Fsp3) is 0.235. The van der Waals surface area contributed by atoms with E-state index in [1.54, 1.807) is 0 Å². The van der Waals surface area contributed by atoms with Gasteiger partial charge in [-0.05, 0) is 36.2 Å². The predicted molar refractivity (Wildman–Crippen MR) is 85.7 cm³/mol. The SMILES string of the molecule is Cc1ccccc1C(=O)NCc1cc(Br)cc2c1OCC2. The Bertz CT molecular complexity index is 697. The van der Waals surface area contributed by atoms with Crippen LogP contribution < -0.4 is 10.1 Å². The number of halogens is 1. The molecular weight excluding hydrogens is 330 g/mol. The first kappa shape index (κ1) is 14.1. The van der Waals surface area contributed by atoms with E-state index < -0.39 is 0 Å². The van der Waals surface area contributed by atoms with E-state index in [-0.39, 0.29) is 5.91 Å². The van der Waals surface area contributed by atoms with Gasteiger partial charge >= 0.3 is 0 Å². The molecule has 21 heavy (non-hydrogen) atoms. The van der Waals surface area contributed by atoms with Crippen LogP contribution in [-0.2, 0) is 13.0 Å². The standard InChI is InChI=1S/C17H16BrNO2/c1-11-4-2-3-5-15(11)17(20)19-10-13-9-14(18)8-12-6-7-21-16(12)13/h2-5,8-9H,6-7,10H2,1H3,(H,19,20). The minimum Gasteiger partial charge on any atom is -0.493 e. The first-order valence-corrected chi connectivity index (χ1v) is 7.72. The second kappa shape index (κ2) is 5.90. The average molecular weight is 346 g/mol. The molecule has 0 fully saturated rings. The molecule has 4 heteroatoms. The maximum atomic E-state index is 12.3. The summed E-state index contributed by atoms with van der Waals surface area (Å²) in [7, 11) is 0. The summed E-state index contributed by atoms with van der Waals surface area (Å²) in [6.07, 6.45) is 0.924. The molecule has 0 bridgehead atoms. The molecule has 0 spiro atoms. The Balaban J connectivity index is 1.77. The van der Waals surface area contributed by atoms with Crippen LogP contribution in [0.25, 0.3) is 0 Å². The minimum absolute atomic E-state index is 0.0557. The Morgan fingerprint density at radius 1 is 1.33 bits per heavy atom. The summed E-state index contributed by atoms with van der Waals surface area (Å²) in [5.41, 5.74) is 3.90. The van der Waals surface area contributed by atoms with Gasteiger partial charge < -0.3 is 10.1 Å². The van der Waals surface area contributed by atoms with E-state index in [2.05, 4.69) is 27.3 Å². The summed E-state index contributed by atoms with van der Waals surface area (Å²) >= 11 is 3.51. The molecule has 1 N–H and O–H groups in total. The molecule has 2 aromatic carbocycles. The number of hydrogen-bond acceptors (Lipinski definition) is 2. The minimum atomic E-state index is -0.0557. The fourth-order valence-electron chi connectivity index (χ4n) is 2.58. The number of carbonyl (C=O) groups is 1.